The van der Waals surface area contributed by atoms with Crippen molar-refractivity contribution >= 4 is 5.91 Å². The third-order valence-corrected chi connectivity index (χ3v) is 4.43. The summed E-state index contributed by atoms with van der Waals surface area (Å²) in [4.78, 5) is 16.9. The number of fused-ring (bicyclic) bond motifs is 1. The van der Waals surface area contributed by atoms with Gasteiger partial charge >= 0.3 is 0 Å². The Balaban J connectivity index is 1.77. The molecule has 0 aliphatic carbocycles. The minimum absolute atomic E-state index is 0.150. The van der Waals surface area contributed by atoms with Crippen molar-refractivity contribution in [2.45, 2.75) is 32.5 Å². The Morgan fingerprint density at radius 3 is 2.78 bits per heavy atom. The quantitative estimate of drug-likeness (QED) is 0.838. The fraction of sp³-hybridized carbons (Fsp3) is 0.562. The van der Waals surface area contributed by atoms with Gasteiger partial charge in [0.1, 0.15) is 0 Å². The number of hydrogen-bond acceptors (Lipinski definition) is 4. The van der Waals surface area contributed by atoms with Gasteiger partial charge in [-0.05, 0) is 27.1 Å². The number of hydrogen-bond donors (Lipinski definition) is 0. The van der Waals surface area contributed by atoms with E-state index in [-0.39, 0.29) is 11.8 Å². The Morgan fingerprint density at radius 1 is 1.35 bits per heavy atom. The molecule has 1 aliphatic heterocycles. The van der Waals surface area contributed by atoms with Crippen LogP contribution in [0.15, 0.2) is 18.5 Å². The summed E-state index contributed by atoms with van der Waals surface area (Å²) in [5.74, 6) is -0.0360. The van der Waals surface area contributed by atoms with Crippen LogP contribution < -0.4 is 0 Å². The maximum Gasteiger partial charge on any atom is 0.231 e. The minimum Gasteiger partial charge on any atom is -0.334 e. The van der Waals surface area contributed by atoms with Gasteiger partial charge < -0.3 is 9.80 Å². The van der Waals surface area contributed by atoms with Gasteiger partial charge in [0, 0.05) is 31.9 Å². The van der Waals surface area contributed by atoms with Crippen LogP contribution in [0.5, 0.6) is 0 Å². The summed E-state index contributed by atoms with van der Waals surface area (Å²) in [6.45, 7) is 4.88. The molecule has 124 valence electrons. The number of aromatic nitrogens is 4. The number of nitrogens with zero attached hydrogens (tertiary/aromatic N) is 6. The van der Waals surface area contributed by atoms with Gasteiger partial charge in [0.15, 0.2) is 0 Å². The maximum atomic E-state index is 12.9. The Hall–Kier alpha value is -2.15. The number of carbonyl (C=O) groups excluding carboxylic acids is 1. The molecule has 0 spiro atoms. The fourth-order valence-corrected chi connectivity index (χ4v) is 3.17. The maximum absolute atomic E-state index is 12.9. The van der Waals surface area contributed by atoms with E-state index >= 15 is 0 Å². The van der Waals surface area contributed by atoms with E-state index in [4.69, 9.17) is 0 Å². The van der Waals surface area contributed by atoms with Crippen molar-refractivity contribution in [1.29, 1.82) is 0 Å². The lowest BCUT2D eigenvalue weighted by molar-refractivity contribution is -0.134. The molecule has 0 N–H and O–H groups in total. The van der Waals surface area contributed by atoms with Crippen molar-refractivity contribution < 1.29 is 4.79 Å². The predicted octanol–water partition coefficient (Wildman–Crippen LogP) is 0.824. The fourth-order valence-electron chi connectivity index (χ4n) is 3.17. The summed E-state index contributed by atoms with van der Waals surface area (Å²) in [5, 5.41) is 8.62. The topological polar surface area (TPSA) is 59.2 Å². The monoisotopic (exact) mass is 316 g/mol. The highest BCUT2D eigenvalue weighted by Crippen LogP contribution is 2.22. The van der Waals surface area contributed by atoms with Crippen LogP contribution in [0.1, 0.15) is 29.8 Å². The molecule has 0 radical (unpaired) electrons. The van der Waals surface area contributed by atoms with Crippen LogP contribution in [0, 0.1) is 0 Å². The molecule has 3 rings (SSSR count). The molecule has 1 atom stereocenters. The molecule has 0 fully saturated rings. The van der Waals surface area contributed by atoms with Gasteiger partial charge in [-0.2, -0.15) is 10.2 Å². The lowest BCUT2D eigenvalue weighted by Crippen LogP contribution is -2.41. The summed E-state index contributed by atoms with van der Waals surface area (Å²) in [6.07, 6.45) is 3.66. The van der Waals surface area contributed by atoms with Crippen molar-refractivity contribution in [2.75, 3.05) is 20.6 Å². The summed E-state index contributed by atoms with van der Waals surface area (Å²) in [6, 6.07) is 1.91. The zero-order chi connectivity index (χ0) is 16.6. The molecule has 0 aromatic carbocycles. The van der Waals surface area contributed by atoms with E-state index in [1.807, 2.05) is 49.9 Å². The Morgan fingerprint density at radius 2 is 2.13 bits per heavy atom. The van der Waals surface area contributed by atoms with Crippen molar-refractivity contribution in [2.24, 2.45) is 7.05 Å². The third-order valence-electron chi connectivity index (χ3n) is 4.43. The first kappa shape index (κ1) is 15.7. The van der Waals surface area contributed by atoms with Crippen LogP contribution in [0.25, 0.3) is 0 Å². The van der Waals surface area contributed by atoms with Crippen LogP contribution in [0.3, 0.4) is 0 Å². The highest BCUT2D eigenvalue weighted by molar-refractivity contribution is 5.83. The molecule has 0 saturated carbocycles. The minimum atomic E-state index is -0.186. The first-order valence-electron chi connectivity index (χ1n) is 7.92. The summed E-state index contributed by atoms with van der Waals surface area (Å²) in [5.41, 5.74) is 3.29. The average Bonchev–Trinajstić information content (AvgIpc) is 3.11. The normalized spacial score (nSPS) is 15.8. The zero-order valence-corrected chi connectivity index (χ0v) is 14.2. The summed E-state index contributed by atoms with van der Waals surface area (Å²) >= 11 is 0. The van der Waals surface area contributed by atoms with Gasteiger partial charge in [-0.3, -0.25) is 14.2 Å². The molecule has 3 heterocycles. The lowest BCUT2D eigenvalue weighted by atomic mass is 10.1. The van der Waals surface area contributed by atoms with Gasteiger partial charge in [-0.1, -0.05) is 0 Å². The first-order chi connectivity index (χ1) is 11.0. The van der Waals surface area contributed by atoms with Gasteiger partial charge in [0.2, 0.25) is 5.91 Å². The largest absolute Gasteiger partial charge is 0.334 e. The van der Waals surface area contributed by atoms with Crippen LogP contribution in [-0.4, -0.2) is 55.9 Å². The van der Waals surface area contributed by atoms with E-state index < -0.39 is 0 Å². The van der Waals surface area contributed by atoms with Crippen LogP contribution in [0.2, 0.25) is 0 Å². The van der Waals surface area contributed by atoms with Crippen molar-refractivity contribution in [1.82, 2.24) is 29.4 Å². The van der Waals surface area contributed by atoms with E-state index in [1.54, 1.807) is 10.9 Å². The summed E-state index contributed by atoms with van der Waals surface area (Å²) in [7, 11) is 5.96. The third kappa shape index (κ3) is 3.01. The second-order valence-corrected chi connectivity index (χ2v) is 6.44. The first-order valence-corrected chi connectivity index (χ1v) is 7.92. The molecule has 7 nitrogen and oxygen atoms in total. The molecule has 0 bridgehead atoms. The molecule has 1 aliphatic rings. The molecule has 7 heteroatoms. The molecule has 1 amide bonds. The molecular weight excluding hydrogens is 292 g/mol. The Bertz CT molecular complexity index is 701. The van der Waals surface area contributed by atoms with Crippen molar-refractivity contribution in [3.63, 3.8) is 0 Å². The van der Waals surface area contributed by atoms with E-state index in [0.29, 0.717) is 13.1 Å². The van der Waals surface area contributed by atoms with Crippen LogP contribution in [-0.2, 0) is 31.5 Å². The summed E-state index contributed by atoms with van der Waals surface area (Å²) < 4.78 is 3.80. The van der Waals surface area contributed by atoms with Gasteiger partial charge in [0.05, 0.1) is 36.6 Å². The standard InChI is InChI=1S/C16H24N6O/c1-12(14-5-6-17-20(14)4)16(23)21-7-8-22-15(11-21)13(9-18-22)10-19(2)3/h5-6,9,12H,7-8,10-11H2,1-4H3. The number of amides is 1. The smallest absolute Gasteiger partial charge is 0.231 e. The van der Waals surface area contributed by atoms with Crippen LogP contribution in [0.4, 0.5) is 0 Å². The molecular formula is C16H24N6O. The number of rotatable bonds is 4. The van der Waals surface area contributed by atoms with Crippen LogP contribution >= 0.6 is 0 Å². The molecule has 23 heavy (non-hydrogen) atoms. The highest BCUT2D eigenvalue weighted by atomic mass is 16.2. The second kappa shape index (κ2) is 6.16. The van der Waals surface area contributed by atoms with E-state index in [1.165, 1.54) is 5.56 Å². The van der Waals surface area contributed by atoms with E-state index in [9.17, 15) is 4.79 Å². The number of aryl methyl sites for hydroxylation is 1. The van der Waals surface area contributed by atoms with Crippen molar-refractivity contribution in [3.8, 4) is 0 Å². The second-order valence-electron chi connectivity index (χ2n) is 6.44. The van der Waals surface area contributed by atoms with Gasteiger partial charge in [0.25, 0.3) is 0 Å². The van der Waals surface area contributed by atoms with Gasteiger partial charge in [-0.25, -0.2) is 0 Å². The number of carbonyl (C=O) groups is 1. The average molecular weight is 316 g/mol. The molecule has 2 aromatic rings. The van der Waals surface area contributed by atoms with Crippen molar-refractivity contribution in [3.05, 3.63) is 35.4 Å². The SMILES string of the molecule is CC(C(=O)N1CCn2ncc(CN(C)C)c2C1)c1ccnn1C. The Kier molecular flexibility index (Phi) is 4.21. The van der Waals surface area contributed by atoms with E-state index in [0.717, 1.165) is 24.5 Å². The lowest BCUT2D eigenvalue weighted by Gasteiger charge is -2.31. The molecule has 2 aromatic heterocycles. The molecule has 1 unspecified atom stereocenters. The highest BCUT2D eigenvalue weighted by Gasteiger charge is 2.28. The van der Waals surface area contributed by atoms with E-state index in [2.05, 4.69) is 15.1 Å². The zero-order valence-electron chi connectivity index (χ0n) is 14.2. The molecule has 0 saturated heterocycles. The Labute approximate surface area is 136 Å². The van der Waals surface area contributed by atoms with Gasteiger partial charge in [-0.15, -0.1) is 0 Å². The predicted molar refractivity (Wildman–Crippen MR) is 86.7 cm³/mol.